The number of phenols is 1. The second-order valence-electron chi connectivity index (χ2n) is 5.34. The lowest BCUT2D eigenvalue weighted by Gasteiger charge is -2.05. The van der Waals surface area contributed by atoms with Crippen molar-refractivity contribution in [3.63, 3.8) is 0 Å². The average Bonchev–Trinajstić information content (AvgIpc) is 2.61. The lowest BCUT2D eigenvalue weighted by atomic mass is 10.1. The van der Waals surface area contributed by atoms with Gasteiger partial charge in [-0.3, -0.25) is 4.79 Å². The molecule has 0 saturated carbocycles. The third kappa shape index (κ3) is 3.64. The highest BCUT2D eigenvalue weighted by Gasteiger charge is 2.11. The van der Waals surface area contributed by atoms with Gasteiger partial charge >= 0.3 is 5.97 Å². The van der Waals surface area contributed by atoms with Crippen LogP contribution >= 0.6 is 0 Å². The summed E-state index contributed by atoms with van der Waals surface area (Å²) in [6.45, 7) is 0. The monoisotopic (exact) mass is 334 g/mol. The van der Waals surface area contributed by atoms with E-state index in [1.165, 1.54) is 24.4 Å². The molecule has 1 amide bonds. The lowest BCUT2D eigenvalue weighted by Crippen LogP contribution is -2.17. The van der Waals surface area contributed by atoms with Crippen molar-refractivity contribution in [3.8, 4) is 5.75 Å². The van der Waals surface area contributed by atoms with Gasteiger partial charge in [0.2, 0.25) is 0 Å². The molecule has 25 heavy (non-hydrogen) atoms. The summed E-state index contributed by atoms with van der Waals surface area (Å²) in [5, 5.41) is 24.3. The predicted molar refractivity (Wildman–Crippen MR) is 94.1 cm³/mol. The lowest BCUT2D eigenvalue weighted by molar-refractivity contribution is 0.0696. The number of nitrogens with zero attached hydrogens (tertiary/aromatic N) is 1. The number of rotatable bonds is 4. The van der Waals surface area contributed by atoms with Crippen molar-refractivity contribution >= 4 is 28.9 Å². The van der Waals surface area contributed by atoms with Crippen molar-refractivity contribution < 1.29 is 19.8 Å². The van der Waals surface area contributed by atoms with Crippen LogP contribution < -0.4 is 5.43 Å². The van der Waals surface area contributed by atoms with Crippen LogP contribution in [0.5, 0.6) is 5.75 Å². The number of hydrogen-bond acceptors (Lipinski definition) is 4. The van der Waals surface area contributed by atoms with Gasteiger partial charge in [0.05, 0.1) is 17.3 Å². The van der Waals surface area contributed by atoms with Gasteiger partial charge in [-0.1, -0.05) is 36.4 Å². The van der Waals surface area contributed by atoms with Gasteiger partial charge in [0.1, 0.15) is 5.75 Å². The number of phenolic OH excluding ortho intramolecular Hbond substituents is 1. The molecule has 0 atom stereocenters. The minimum absolute atomic E-state index is 0.122. The highest BCUT2D eigenvalue weighted by molar-refractivity contribution is 6.01. The van der Waals surface area contributed by atoms with Crippen molar-refractivity contribution in [2.24, 2.45) is 5.10 Å². The number of aromatic hydroxyl groups is 1. The minimum Gasteiger partial charge on any atom is -0.507 e. The third-order valence-corrected chi connectivity index (χ3v) is 3.65. The maximum Gasteiger partial charge on any atom is 0.335 e. The maximum atomic E-state index is 12.2. The van der Waals surface area contributed by atoms with Crippen LogP contribution in [0, 0.1) is 0 Å². The quantitative estimate of drug-likeness (QED) is 0.504. The van der Waals surface area contributed by atoms with Gasteiger partial charge in [-0.05, 0) is 40.6 Å². The Hall–Kier alpha value is -3.67. The van der Waals surface area contributed by atoms with Crippen molar-refractivity contribution in [1.82, 2.24) is 5.43 Å². The normalized spacial score (nSPS) is 10.9. The van der Waals surface area contributed by atoms with Crippen molar-refractivity contribution in [2.75, 3.05) is 0 Å². The van der Waals surface area contributed by atoms with Crippen LogP contribution in [0.4, 0.5) is 0 Å². The summed E-state index contributed by atoms with van der Waals surface area (Å²) in [7, 11) is 0. The Bertz CT molecular complexity index is 978. The standard InChI is InChI=1S/C19H14N2O4/c22-17-10-15-4-2-1-3-14(15)9-16(17)18(23)21-20-11-12-5-7-13(8-6-12)19(24)25/h1-11,22H,(H,21,23)(H,24,25)/b20-11-. The molecule has 0 aliphatic carbocycles. The topological polar surface area (TPSA) is 99.0 Å². The molecule has 0 bridgehead atoms. The Kier molecular flexibility index (Phi) is 4.43. The molecule has 0 aliphatic rings. The second-order valence-corrected chi connectivity index (χ2v) is 5.34. The number of amides is 1. The summed E-state index contributed by atoms with van der Waals surface area (Å²) in [5.41, 5.74) is 3.27. The minimum atomic E-state index is -1.01. The number of hydrazone groups is 1. The number of aromatic carboxylic acids is 1. The number of carboxylic acids is 1. The van der Waals surface area contributed by atoms with Gasteiger partial charge < -0.3 is 10.2 Å². The smallest absolute Gasteiger partial charge is 0.335 e. The molecule has 3 rings (SSSR count). The summed E-state index contributed by atoms with van der Waals surface area (Å²) < 4.78 is 0. The zero-order valence-electron chi connectivity index (χ0n) is 13.0. The van der Waals surface area contributed by atoms with E-state index >= 15 is 0 Å². The summed E-state index contributed by atoms with van der Waals surface area (Å²) in [6.07, 6.45) is 1.39. The molecule has 0 fully saturated rings. The van der Waals surface area contributed by atoms with E-state index in [1.54, 1.807) is 18.2 Å². The van der Waals surface area contributed by atoms with E-state index in [1.807, 2.05) is 24.3 Å². The number of fused-ring (bicyclic) bond motifs is 1. The Morgan fingerprint density at radius 3 is 2.24 bits per heavy atom. The van der Waals surface area contributed by atoms with Crippen LogP contribution in [0.15, 0.2) is 65.8 Å². The summed E-state index contributed by atoms with van der Waals surface area (Å²) in [4.78, 5) is 23.0. The first kappa shape index (κ1) is 16.2. The van der Waals surface area contributed by atoms with E-state index in [0.717, 1.165) is 10.8 Å². The predicted octanol–water partition coefficient (Wildman–Crippen LogP) is 3.01. The molecule has 3 aromatic rings. The average molecular weight is 334 g/mol. The number of hydrogen-bond donors (Lipinski definition) is 3. The number of benzene rings is 3. The Balaban J connectivity index is 1.74. The molecule has 3 N–H and O–H groups in total. The van der Waals surface area contributed by atoms with Gasteiger partial charge in [-0.25, -0.2) is 10.2 Å². The Morgan fingerprint density at radius 2 is 1.60 bits per heavy atom. The van der Waals surface area contributed by atoms with Crippen LogP contribution in [0.2, 0.25) is 0 Å². The van der Waals surface area contributed by atoms with Crippen LogP contribution in [0.3, 0.4) is 0 Å². The molecule has 0 aromatic heterocycles. The molecular formula is C19H14N2O4. The maximum absolute atomic E-state index is 12.2. The van der Waals surface area contributed by atoms with Crippen LogP contribution in [-0.4, -0.2) is 28.3 Å². The molecule has 0 heterocycles. The van der Waals surface area contributed by atoms with Crippen LogP contribution in [-0.2, 0) is 0 Å². The summed E-state index contributed by atoms with van der Waals surface area (Å²) in [6, 6.07) is 16.5. The fraction of sp³-hybridized carbons (Fsp3) is 0. The molecule has 0 saturated heterocycles. The van der Waals surface area contributed by atoms with Crippen LogP contribution in [0.25, 0.3) is 10.8 Å². The zero-order chi connectivity index (χ0) is 17.8. The first-order valence-electron chi connectivity index (χ1n) is 7.43. The molecule has 0 unspecified atom stereocenters. The molecule has 0 aliphatic heterocycles. The number of carbonyl (C=O) groups is 2. The van der Waals surface area contributed by atoms with E-state index in [2.05, 4.69) is 10.5 Å². The molecule has 6 heteroatoms. The summed E-state index contributed by atoms with van der Waals surface area (Å²) >= 11 is 0. The first-order valence-corrected chi connectivity index (χ1v) is 7.43. The molecule has 124 valence electrons. The van der Waals surface area contributed by atoms with E-state index in [4.69, 9.17) is 5.11 Å². The highest BCUT2D eigenvalue weighted by Crippen LogP contribution is 2.24. The third-order valence-electron chi connectivity index (χ3n) is 3.65. The Morgan fingerprint density at radius 1 is 0.960 bits per heavy atom. The van der Waals surface area contributed by atoms with Crippen molar-refractivity contribution in [2.45, 2.75) is 0 Å². The largest absolute Gasteiger partial charge is 0.507 e. The van der Waals surface area contributed by atoms with Gasteiger partial charge in [-0.2, -0.15) is 5.10 Å². The second kappa shape index (κ2) is 6.84. The SMILES string of the molecule is O=C(O)c1ccc(/C=N\NC(=O)c2cc3ccccc3cc2O)cc1. The van der Waals surface area contributed by atoms with Crippen molar-refractivity contribution in [3.05, 3.63) is 77.4 Å². The molecule has 0 spiro atoms. The molecule has 3 aromatic carbocycles. The fourth-order valence-electron chi connectivity index (χ4n) is 2.35. The molecule has 0 radical (unpaired) electrons. The van der Waals surface area contributed by atoms with E-state index in [0.29, 0.717) is 5.56 Å². The fourth-order valence-corrected chi connectivity index (χ4v) is 2.35. The van der Waals surface area contributed by atoms with Crippen molar-refractivity contribution in [1.29, 1.82) is 0 Å². The Labute approximate surface area is 143 Å². The van der Waals surface area contributed by atoms with E-state index in [-0.39, 0.29) is 16.9 Å². The van der Waals surface area contributed by atoms with Gasteiger partial charge in [-0.15, -0.1) is 0 Å². The van der Waals surface area contributed by atoms with Gasteiger partial charge in [0.15, 0.2) is 0 Å². The zero-order valence-corrected chi connectivity index (χ0v) is 13.0. The number of carboxylic acid groups (broad SMARTS) is 1. The first-order chi connectivity index (χ1) is 12.0. The molecule has 6 nitrogen and oxygen atoms in total. The number of carbonyl (C=O) groups excluding carboxylic acids is 1. The molecular weight excluding hydrogens is 320 g/mol. The van der Waals surface area contributed by atoms with Crippen LogP contribution in [0.1, 0.15) is 26.3 Å². The van der Waals surface area contributed by atoms with Gasteiger partial charge in [0, 0.05) is 0 Å². The number of nitrogens with one attached hydrogen (secondary N) is 1. The van der Waals surface area contributed by atoms with Gasteiger partial charge in [0.25, 0.3) is 5.91 Å². The summed E-state index contributed by atoms with van der Waals surface area (Å²) in [5.74, 6) is -1.68. The van der Waals surface area contributed by atoms with E-state index < -0.39 is 11.9 Å². The highest BCUT2D eigenvalue weighted by atomic mass is 16.4. The van der Waals surface area contributed by atoms with E-state index in [9.17, 15) is 14.7 Å².